The van der Waals surface area contributed by atoms with Gasteiger partial charge in [0.1, 0.15) is 0 Å². The van der Waals surface area contributed by atoms with Crippen molar-refractivity contribution in [3.05, 3.63) is 41.7 Å². The molecule has 6 heteroatoms. The fourth-order valence-electron chi connectivity index (χ4n) is 3.81. The zero-order chi connectivity index (χ0) is 18.8. The Morgan fingerprint density at radius 3 is 2.74 bits per heavy atom. The van der Waals surface area contributed by atoms with Crippen LogP contribution < -0.4 is 5.32 Å². The number of nitrogens with one attached hydrogen (secondary N) is 1. The first-order valence-electron chi connectivity index (χ1n) is 9.87. The van der Waals surface area contributed by atoms with Crippen molar-refractivity contribution in [2.24, 2.45) is 0 Å². The SMILES string of the molecule is Cc1ccc(C)c(-n2ccnc2SCC(=O)NC2CCN(C3CC3)CC2)c1. The number of benzene rings is 1. The third-order valence-corrected chi connectivity index (χ3v) is 6.49. The molecular weight excluding hydrogens is 356 g/mol. The summed E-state index contributed by atoms with van der Waals surface area (Å²) in [6.45, 7) is 6.44. The van der Waals surface area contributed by atoms with Crippen molar-refractivity contribution in [1.29, 1.82) is 0 Å². The molecular formula is C21H28N4OS. The third-order valence-electron chi connectivity index (χ3n) is 5.52. The van der Waals surface area contributed by atoms with E-state index in [-0.39, 0.29) is 5.91 Å². The number of likely N-dealkylation sites (tertiary alicyclic amines) is 1. The second-order valence-electron chi connectivity index (χ2n) is 7.77. The highest BCUT2D eigenvalue weighted by molar-refractivity contribution is 7.99. The molecule has 1 saturated carbocycles. The highest BCUT2D eigenvalue weighted by Gasteiger charge is 2.32. The summed E-state index contributed by atoms with van der Waals surface area (Å²) in [7, 11) is 0. The van der Waals surface area contributed by atoms with E-state index in [1.165, 1.54) is 35.7 Å². The molecule has 2 heterocycles. The van der Waals surface area contributed by atoms with Gasteiger partial charge in [0, 0.05) is 37.6 Å². The van der Waals surface area contributed by atoms with Gasteiger partial charge in [0.15, 0.2) is 5.16 Å². The summed E-state index contributed by atoms with van der Waals surface area (Å²) in [5, 5.41) is 4.08. The number of aromatic nitrogens is 2. The van der Waals surface area contributed by atoms with Crippen LogP contribution >= 0.6 is 11.8 Å². The summed E-state index contributed by atoms with van der Waals surface area (Å²) < 4.78 is 2.08. The molecule has 0 unspecified atom stereocenters. The Kier molecular flexibility index (Phi) is 5.55. The average molecular weight is 385 g/mol. The maximum atomic E-state index is 12.4. The number of imidazole rings is 1. The average Bonchev–Trinajstić information content (AvgIpc) is 3.41. The van der Waals surface area contributed by atoms with Gasteiger partial charge in [-0.25, -0.2) is 4.98 Å². The lowest BCUT2D eigenvalue weighted by Gasteiger charge is -2.32. The van der Waals surface area contributed by atoms with Gasteiger partial charge < -0.3 is 10.2 Å². The van der Waals surface area contributed by atoms with Gasteiger partial charge in [0.2, 0.25) is 5.91 Å². The molecule has 1 aliphatic heterocycles. The zero-order valence-corrected chi connectivity index (χ0v) is 17.0. The molecule has 144 valence electrons. The quantitative estimate of drug-likeness (QED) is 0.776. The van der Waals surface area contributed by atoms with Crippen LogP contribution in [0.5, 0.6) is 0 Å². The molecule has 1 aromatic carbocycles. The number of amides is 1. The number of rotatable bonds is 6. The number of carbonyl (C=O) groups excluding carboxylic acids is 1. The molecule has 2 aliphatic rings. The van der Waals surface area contributed by atoms with E-state index in [0.717, 1.165) is 42.8 Å². The predicted octanol–water partition coefficient (Wildman–Crippen LogP) is 3.32. The normalized spacial score (nSPS) is 18.6. The second kappa shape index (κ2) is 8.07. The molecule has 1 saturated heterocycles. The van der Waals surface area contributed by atoms with Crippen molar-refractivity contribution in [1.82, 2.24) is 19.8 Å². The van der Waals surface area contributed by atoms with Gasteiger partial charge in [-0.05, 0) is 56.7 Å². The van der Waals surface area contributed by atoms with Crippen molar-refractivity contribution in [2.45, 2.75) is 56.8 Å². The maximum absolute atomic E-state index is 12.4. The van der Waals surface area contributed by atoms with Gasteiger partial charge in [0.05, 0.1) is 11.4 Å². The molecule has 2 aromatic rings. The van der Waals surface area contributed by atoms with Gasteiger partial charge in [0.25, 0.3) is 0 Å². The number of hydrogen-bond donors (Lipinski definition) is 1. The molecule has 1 N–H and O–H groups in total. The summed E-state index contributed by atoms with van der Waals surface area (Å²) in [4.78, 5) is 19.5. The summed E-state index contributed by atoms with van der Waals surface area (Å²) >= 11 is 1.50. The predicted molar refractivity (Wildman–Crippen MR) is 110 cm³/mol. The lowest BCUT2D eigenvalue weighted by atomic mass is 10.1. The maximum Gasteiger partial charge on any atom is 0.230 e. The Bertz CT molecular complexity index is 806. The lowest BCUT2D eigenvalue weighted by molar-refractivity contribution is -0.119. The van der Waals surface area contributed by atoms with Crippen LogP contribution in [0.15, 0.2) is 35.7 Å². The van der Waals surface area contributed by atoms with E-state index in [0.29, 0.717) is 11.8 Å². The van der Waals surface area contributed by atoms with Gasteiger partial charge in [-0.2, -0.15) is 0 Å². The lowest BCUT2D eigenvalue weighted by Crippen LogP contribution is -2.45. The summed E-state index contributed by atoms with van der Waals surface area (Å²) in [5.41, 5.74) is 3.55. The standard InChI is InChI=1S/C21H28N4OS/c1-15-3-4-16(2)19(13-15)25-12-9-22-21(25)27-14-20(26)23-17-7-10-24(11-8-17)18-5-6-18/h3-4,9,12-13,17-18H,5-8,10-11,14H2,1-2H3,(H,23,26). The Hall–Kier alpha value is -1.79. The summed E-state index contributed by atoms with van der Waals surface area (Å²) in [5.74, 6) is 0.519. The van der Waals surface area contributed by atoms with Gasteiger partial charge >= 0.3 is 0 Å². The van der Waals surface area contributed by atoms with E-state index >= 15 is 0 Å². The fourth-order valence-corrected chi connectivity index (χ4v) is 4.58. The molecule has 0 atom stereocenters. The zero-order valence-electron chi connectivity index (χ0n) is 16.1. The number of thioether (sulfide) groups is 1. The highest BCUT2D eigenvalue weighted by Crippen LogP contribution is 2.29. The largest absolute Gasteiger partial charge is 0.353 e. The number of nitrogens with zero attached hydrogens (tertiary/aromatic N) is 3. The minimum absolute atomic E-state index is 0.111. The second-order valence-corrected chi connectivity index (χ2v) is 8.71. The number of aryl methyl sites for hydroxylation is 2. The van der Waals surface area contributed by atoms with Crippen LogP contribution in [0, 0.1) is 13.8 Å². The number of piperidine rings is 1. The molecule has 2 fully saturated rings. The van der Waals surface area contributed by atoms with Crippen LogP contribution in [0.3, 0.4) is 0 Å². The van der Waals surface area contributed by atoms with Crippen LogP contribution in [0.25, 0.3) is 5.69 Å². The fraction of sp³-hybridized carbons (Fsp3) is 0.524. The molecule has 0 radical (unpaired) electrons. The Labute approximate surface area is 165 Å². The van der Waals surface area contributed by atoms with Gasteiger partial charge in [-0.1, -0.05) is 23.9 Å². The minimum Gasteiger partial charge on any atom is -0.353 e. The minimum atomic E-state index is 0.111. The van der Waals surface area contributed by atoms with Crippen LogP contribution in [0.4, 0.5) is 0 Å². The molecule has 1 aliphatic carbocycles. The van der Waals surface area contributed by atoms with Crippen LogP contribution in [0.1, 0.15) is 36.8 Å². The first kappa shape index (κ1) is 18.6. The Morgan fingerprint density at radius 2 is 2.00 bits per heavy atom. The Morgan fingerprint density at radius 1 is 1.22 bits per heavy atom. The van der Waals surface area contributed by atoms with Crippen molar-refractivity contribution >= 4 is 17.7 Å². The smallest absolute Gasteiger partial charge is 0.230 e. The van der Waals surface area contributed by atoms with Crippen molar-refractivity contribution in [2.75, 3.05) is 18.8 Å². The molecule has 5 nitrogen and oxygen atoms in total. The van der Waals surface area contributed by atoms with E-state index in [4.69, 9.17) is 0 Å². The van der Waals surface area contributed by atoms with E-state index in [2.05, 4.69) is 51.8 Å². The van der Waals surface area contributed by atoms with Crippen molar-refractivity contribution < 1.29 is 4.79 Å². The van der Waals surface area contributed by atoms with Gasteiger partial charge in [-0.15, -0.1) is 0 Å². The van der Waals surface area contributed by atoms with E-state index in [1.54, 1.807) is 6.20 Å². The number of carbonyl (C=O) groups is 1. The first-order valence-corrected chi connectivity index (χ1v) is 10.9. The van der Waals surface area contributed by atoms with E-state index < -0.39 is 0 Å². The molecule has 1 amide bonds. The molecule has 1 aromatic heterocycles. The van der Waals surface area contributed by atoms with Crippen LogP contribution in [-0.2, 0) is 4.79 Å². The molecule has 27 heavy (non-hydrogen) atoms. The van der Waals surface area contributed by atoms with Crippen LogP contribution in [-0.4, -0.2) is 51.3 Å². The first-order chi connectivity index (χ1) is 13.1. The van der Waals surface area contributed by atoms with Gasteiger partial charge in [-0.3, -0.25) is 9.36 Å². The molecule has 4 rings (SSSR count). The highest BCUT2D eigenvalue weighted by atomic mass is 32.2. The summed E-state index contributed by atoms with van der Waals surface area (Å²) in [6.07, 6.45) is 8.64. The van der Waals surface area contributed by atoms with Crippen molar-refractivity contribution in [3.8, 4) is 5.69 Å². The van der Waals surface area contributed by atoms with Crippen molar-refractivity contribution in [3.63, 3.8) is 0 Å². The van der Waals surface area contributed by atoms with E-state index in [1.807, 2.05) is 6.20 Å². The monoisotopic (exact) mass is 384 g/mol. The van der Waals surface area contributed by atoms with E-state index in [9.17, 15) is 4.79 Å². The summed E-state index contributed by atoms with van der Waals surface area (Å²) in [6, 6.07) is 7.56. The Balaban J connectivity index is 1.31. The number of hydrogen-bond acceptors (Lipinski definition) is 4. The topological polar surface area (TPSA) is 50.2 Å². The third kappa shape index (κ3) is 4.55. The molecule has 0 bridgehead atoms. The molecule has 0 spiro atoms. The van der Waals surface area contributed by atoms with Crippen LogP contribution in [0.2, 0.25) is 0 Å².